The Hall–Kier alpha value is -3.59. The molecule has 0 saturated carbocycles. The maximum atomic E-state index is 14.5. The lowest BCUT2D eigenvalue weighted by Crippen LogP contribution is -2.56. The first-order valence-corrected chi connectivity index (χ1v) is 14.8. The monoisotopic (exact) mass is 608 g/mol. The van der Waals surface area contributed by atoms with Crippen LogP contribution in [0.3, 0.4) is 0 Å². The average Bonchev–Trinajstić information content (AvgIpc) is 3.37. The van der Waals surface area contributed by atoms with Gasteiger partial charge < -0.3 is 19.6 Å². The molecule has 42 heavy (non-hydrogen) atoms. The Kier molecular flexibility index (Phi) is 9.06. The van der Waals surface area contributed by atoms with Crippen LogP contribution in [-0.4, -0.2) is 69.9 Å². The van der Waals surface area contributed by atoms with E-state index in [9.17, 15) is 14.7 Å². The van der Waals surface area contributed by atoms with Crippen LogP contribution in [0.5, 0.6) is 5.75 Å². The van der Waals surface area contributed by atoms with Gasteiger partial charge in [-0.3, -0.25) is 14.7 Å². The van der Waals surface area contributed by atoms with E-state index in [4.69, 9.17) is 32.9 Å². The number of rotatable bonds is 7. The molecular formula is C32H34Cl2N4O4. The summed E-state index contributed by atoms with van der Waals surface area (Å²) in [5.74, 6) is 0.834. The van der Waals surface area contributed by atoms with Gasteiger partial charge in [-0.05, 0) is 73.9 Å². The van der Waals surface area contributed by atoms with E-state index in [1.165, 1.54) is 0 Å². The third-order valence-electron chi connectivity index (χ3n) is 7.50. The molecule has 0 radical (unpaired) electrons. The molecule has 3 aromatic carbocycles. The number of aliphatic hydroxyl groups is 1. The predicted octanol–water partition coefficient (Wildman–Crippen LogP) is 6.10. The van der Waals surface area contributed by atoms with Crippen molar-refractivity contribution in [1.29, 1.82) is 0 Å². The summed E-state index contributed by atoms with van der Waals surface area (Å²) in [6.45, 7) is 7.04. The minimum Gasteiger partial charge on any atom is -0.490 e. The Bertz CT molecular complexity index is 1480. The molecule has 2 aliphatic rings. The van der Waals surface area contributed by atoms with Gasteiger partial charge in [-0.25, -0.2) is 4.79 Å². The molecule has 1 N–H and O–H groups in total. The van der Waals surface area contributed by atoms with E-state index < -0.39 is 12.1 Å². The number of halogens is 2. The number of carbonyl (C=O) groups excluding carboxylic acids is 2. The minimum atomic E-state index is -0.547. The van der Waals surface area contributed by atoms with Gasteiger partial charge in [0, 0.05) is 29.7 Å². The first kappa shape index (κ1) is 29.9. The second-order valence-corrected chi connectivity index (χ2v) is 11.5. The molecule has 3 amide bonds. The third kappa shape index (κ3) is 6.11. The highest BCUT2D eigenvalue weighted by molar-refractivity contribution is 6.30. The first-order chi connectivity index (χ1) is 20.2. The zero-order chi connectivity index (χ0) is 30.0. The van der Waals surface area contributed by atoms with Crippen molar-refractivity contribution in [2.24, 2.45) is 4.99 Å². The Balaban J connectivity index is 1.68. The number of ether oxygens (including phenoxy) is 1. The zero-order valence-electron chi connectivity index (χ0n) is 23.8. The molecule has 0 aliphatic carbocycles. The van der Waals surface area contributed by atoms with Crippen LogP contribution in [0.25, 0.3) is 0 Å². The molecule has 8 nitrogen and oxygen atoms in total. The van der Waals surface area contributed by atoms with Crippen molar-refractivity contribution >= 4 is 41.0 Å². The number of urea groups is 1. The van der Waals surface area contributed by atoms with Crippen molar-refractivity contribution in [2.45, 2.75) is 45.6 Å². The predicted molar refractivity (Wildman–Crippen MR) is 164 cm³/mol. The Labute approximate surface area is 256 Å². The van der Waals surface area contributed by atoms with Crippen LogP contribution in [0.15, 0.2) is 71.7 Å². The SMILES string of the molecule is CCN1CCN(C(=O)N2C(c3ccc(CO)cc3OC(C)C)=NC(c3ccc(Cl)cc3)C2c2ccc(Cl)cc2)CC1=O. The third-order valence-corrected chi connectivity index (χ3v) is 8.00. The van der Waals surface area contributed by atoms with Gasteiger partial charge in [-0.1, -0.05) is 53.5 Å². The summed E-state index contributed by atoms with van der Waals surface area (Å²) in [7, 11) is 0. The van der Waals surface area contributed by atoms with Gasteiger partial charge in [0.2, 0.25) is 5.91 Å². The Morgan fingerprint density at radius 1 is 1.00 bits per heavy atom. The van der Waals surface area contributed by atoms with Crippen LogP contribution >= 0.6 is 23.2 Å². The minimum absolute atomic E-state index is 0.0196. The summed E-state index contributed by atoms with van der Waals surface area (Å²) in [5.41, 5.74) is 3.00. The van der Waals surface area contributed by atoms with Gasteiger partial charge >= 0.3 is 6.03 Å². The lowest BCUT2D eigenvalue weighted by atomic mass is 9.93. The number of carbonyl (C=O) groups is 2. The van der Waals surface area contributed by atoms with Gasteiger partial charge in [-0.2, -0.15) is 0 Å². The lowest BCUT2D eigenvalue weighted by molar-refractivity contribution is -0.134. The highest BCUT2D eigenvalue weighted by atomic mass is 35.5. The fourth-order valence-electron chi connectivity index (χ4n) is 5.41. The van der Waals surface area contributed by atoms with E-state index in [-0.39, 0.29) is 31.2 Å². The van der Waals surface area contributed by atoms with Crippen molar-refractivity contribution in [3.63, 3.8) is 0 Å². The van der Waals surface area contributed by atoms with E-state index >= 15 is 0 Å². The van der Waals surface area contributed by atoms with E-state index in [0.717, 1.165) is 11.1 Å². The normalized spacial score (nSPS) is 19.0. The van der Waals surface area contributed by atoms with Gasteiger partial charge in [0.25, 0.3) is 0 Å². The number of likely N-dealkylation sites (N-methyl/N-ethyl adjacent to an activating group) is 1. The number of amidine groups is 1. The van der Waals surface area contributed by atoms with Crippen molar-refractivity contribution in [3.05, 3.63) is 99.0 Å². The number of piperazine rings is 1. The maximum Gasteiger partial charge on any atom is 0.326 e. The summed E-state index contributed by atoms with van der Waals surface area (Å²) in [4.78, 5) is 37.6. The van der Waals surface area contributed by atoms with Crippen LogP contribution in [0, 0.1) is 0 Å². The average molecular weight is 610 g/mol. The highest BCUT2D eigenvalue weighted by Crippen LogP contribution is 2.45. The largest absolute Gasteiger partial charge is 0.490 e. The highest BCUT2D eigenvalue weighted by Gasteiger charge is 2.45. The fourth-order valence-corrected chi connectivity index (χ4v) is 5.67. The summed E-state index contributed by atoms with van der Waals surface area (Å²) in [6.07, 6.45) is -0.164. The maximum absolute atomic E-state index is 14.5. The zero-order valence-corrected chi connectivity index (χ0v) is 25.3. The van der Waals surface area contributed by atoms with Crippen LogP contribution in [0.2, 0.25) is 10.0 Å². The van der Waals surface area contributed by atoms with Gasteiger partial charge in [-0.15, -0.1) is 0 Å². The number of amides is 3. The molecule has 1 fully saturated rings. The summed E-state index contributed by atoms with van der Waals surface area (Å²) in [6, 6.07) is 18.9. The Morgan fingerprint density at radius 3 is 2.21 bits per heavy atom. The van der Waals surface area contributed by atoms with Crippen molar-refractivity contribution < 1.29 is 19.4 Å². The van der Waals surface area contributed by atoms with E-state index in [1.807, 2.05) is 63.2 Å². The molecule has 0 bridgehead atoms. The van der Waals surface area contributed by atoms with Gasteiger partial charge in [0.1, 0.15) is 24.2 Å². The molecule has 2 heterocycles. The molecule has 2 aliphatic heterocycles. The Morgan fingerprint density at radius 2 is 1.64 bits per heavy atom. The molecule has 10 heteroatoms. The summed E-state index contributed by atoms with van der Waals surface area (Å²) in [5, 5.41) is 11.0. The summed E-state index contributed by atoms with van der Waals surface area (Å²) >= 11 is 12.5. The topological polar surface area (TPSA) is 85.7 Å². The second-order valence-electron chi connectivity index (χ2n) is 10.6. The van der Waals surface area contributed by atoms with Crippen molar-refractivity contribution in [2.75, 3.05) is 26.2 Å². The van der Waals surface area contributed by atoms with Crippen LogP contribution < -0.4 is 4.74 Å². The standard InChI is InChI=1S/C32H34Cl2N4O4/c1-4-36-15-16-37(18-28(36)40)32(41)38-30(23-8-12-25(34)13-9-23)29(22-6-10-24(33)11-7-22)35-31(38)26-14-5-21(19-39)17-27(26)42-20(2)3/h5-14,17,20,29-30,39H,4,15-16,18-19H2,1-3H3. The molecule has 3 aromatic rings. The molecule has 1 saturated heterocycles. The molecule has 5 rings (SSSR count). The van der Waals surface area contributed by atoms with Crippen LogP contribution in [0.4, 0.5) is 4.79 Å². The number of hydrogen-bond donors (Lipinski definition) is 1. The van der Waals surface area contributed by atoms with Gasteiger partial charge in [0.05, 0.1) is 24.3 Å². The second kappa shape index (κ2) is 12.7. The van der Waals surface area contributed by atoms with Crippen molar-refractivity contribution in [3.8, 4) is 5.75 Å². The number of nitrogens with zero attached hydrogens (tertiary/aromatic N) is 4. The van der Waals surface area contributed by atoms with Crippen molar-refractivity contribution in [1.82, 2.24) is 14.7 Å². The van der Waals surface area contributed by atoms with Crippen LogP contribution in [-0.2, 0) is 11.4 Å². The number of hydrogen-bond acceptors (Lipinski definition) is 5. The molecule has 2 atom stereocenters. The first-order valence-electron chi connectivity index (χ1n) is 14.1. The van der Waals surface area contributed by atoms with Gasteiger partial charge in [0.15, 0.2) is 0 Å². The number of aliphatic hydroxyl groups excluding tert-OH is 1. The van der Waals surface area contributed by atoms with Crippen LogP contribution in [0.1, 0.15) is 55.1 Å². The molecule has 220 valence electrons. The molecule has 0 aromatic heterocycles. The van der Waals surface area contributed by atoms with E-state index in [2.05, 4.69) is 0 Å². The number of benzene rings is 3. The lowest BCUT2D eigenvalue weighted by Gasteiger charge is -2.38. The number of aliphatic imine (C=N–C) groups is 1. The molecule has 0 spiro atoms. The molecular weight excluding hydrogens is 575 g/mol. The molecule has 2 unspecified atom stereocenters. The quantitative estimate of drug-likeness (QED) is 0.351. The fraction of sp³-hybridized carbons (Fsp3) is 0.344. The smallest absolute Gasteiger partial charge is 0.326 e. The van der Waals surface area contributed by atoms with E-state index in [0.29, 0.717) is 52.4 Å². The van der Waals surface area contributed by atoms with E-state index in [1.54, 1.807) is 39.0 Å². The summed E-state index contributed by atoms with van der Waals surface area (Å²) < 4.78 is 6.19.